The first-order valence-electron chi connectivity index (χ1n) is 3.27. The molecule has 0 unspecified atom stereocenters. The van der Waals surface area contributed by atoms with E-state index in [2.05, 4.69) is 4.98 Å². The summed E-state index contributed by atoms with van der Waals surface area (Å²) < 4.78 is 37.3. The second kappa shape index (κ2) is 4.43. The van der Waals surface area contributed by atoms with E-state index in [9.17, 15) is 18.0 Å². The van der Waals surface area contributed by atoms with Crippen molar-refractivity contribution in [2.45, 2.75) is 6.43 Å². The molecule has 0 fully saturated rings. The zero-order valence-electron chi connectivity index (χ0n) is 6.40. The number of carbonyl (C=O) groups is 1. The first kappa shape index (κ1) is 11.7. The van der Waals surface area contributed by atoms with Gasteiger partial charge in [-0.3, -0.25) is 4.79 Å². The van der Waals surface area contributed by atoms with E-state index in [-0.39, 0.29) is 3.57 Å². The van der Waals surface area contributed by atoms with Crippen molar-refractivity contribution in [3.8, 4) is 0 Å². The molecular formula is C7H2ClF3INO. The SMILES string of the molecule is O=C(Cl)c1cc(I)c(C(F)F)nc1F. The van der Waals surface area contributed by atoms with E-state index >= 15 is 0 Å². The van der Waals surface area contributed by atoms with Gasteiger partial charge in [-0.1, -0.05) is 0 Å². The lowest BCUT2D eigenvalue weighted by Crippen LogP contribution is -2.04. The maximum Gasteiger partial charge on any atom is 0.281 e. The highest BCUT2D eigenvalue weighted by Crippen LogP contribution is 2.24. The van der Waals surface area contributed by atoms with E-state index in [1.165, 1.54) is 22.6 Å². The molecular weight excluding hydrogens is 333 g/mol. The molecule has 0 aromatic carbocycles. The van der Waals surface area contributed by atoms with Crippen LogP contribution in [0.5, 0.6) is 0 Å². The summed E-state index contributed by atoms with van der Waals surface area (Å²) in [4.78, 5) is 13.6. The lowest BCUT2D eigenvalue weighted by molar-refractivity contribution is 0.107. The minimum absolute atomic E-state index is 0.00278. The number of aromatic nitrogens is 1. The van der Waals surface area contributed by atoms with E-state index < -0.39 is 28.9 Å². The Kier molecular flexibility index (Phi) is 3.71. The Bertz CT molecular complexity index is 385. The van der Waals surface area contributed by atoms with Gasteiger partial charge in [-0.05, 0) is 40.3 Å². The van der Waals surface area contributed by atoms with Crippen LogP contribution in [-0.2, 0) is 0 Å². The number of halogens is 5. The summed E-state index contributed by atoms with van der Waals surface area (Å²) in [6, 6.07) is 0.944. The summed E-state index contributed by atoms with van der Waals surface area (Å²) in [6.45, 7) is 0. The molecule has 1 rings (SSSR count). The fourth-order valence-electron chi connectivity index (χ4n) is 0.770. The van der Waals surface area contributed by atoms with E-state index in [1.54, 1.807) is 0 Å². The van der Waals surface area contributed by atoms with Crippen LogP contribution in [-0.4, -0.2) is 10.2 Å². The van der Waals surface area contributed by atoms with E-state index in [0.29, 0.717) is 0 Å². The molecule has 0 atom stereocenters. The van der Waals surface area contributed by atoms with Gasteiger partial charge in [0.15, 0.2) is 0 Å². The van der Waals surface area contributed by atoms with Crippen molar-refractivity contribution in [3.05, 3.63) is 26.8 Å². The topological polar surface area (TPSA) is 30.0 Å². The van der Waals surface area contributed by atoms with Gasteiger partial charge in [-0.2, -0.15) is 4.39 Å². The van der Waals surface area contributed by atoms with Gasteiger partial charge in [0.25, 0.3) is 11.7 Å². The molecule has 1 aromatic heterocycles. The smallest absolute Gasteiger partial charge is 0.275 e. The highest BCUT2D eigenvalue weighted by molar-refractivity contribution is 14.1. The number of carbonyl (C=O) groups excluding carboxylic acids is 1. The van der Waals surface area contributed by atoms with Crippen LogP contribution in [0.25, 0.3) is 0 Å². The van der Waals surface area contributed by atoms with Crippen LogP contribution in [0.2, 0.25) is 0 Å². The highest BCUT2D eigenvalue weighted by atomic mass is 127. The standard InChI is InChI=1S/C7H2ClF3INO/c8-5(14)2-1-3(12)4(6(9)10)13-7(2)11/h1,6H. The third-order valence-corrected chi connectivity index (χ3v) is 2.44. The van der Waals surface area contributed by atoms with Crippen molar-refractivity contribution in [1.82, 2.24) is 4.98 Å². The van der Waals surface area contributed by atoms with Crippen LogP contribution in [0.4, 0.5) is 13.2 Å². The van der Waals surface area contributed by atoms with Gasteiger partial charge in [-0.25, -0.2) is 13.8 Å². The third kappa shape index (κ3) is 2.35. The van der Waals surface area contributed by atoms with Crippen LogP contribution in [0.3, 0.4) is 0 Å². The Labute approximate surface area is 95.6 Å². The molecule has 0 bridgehead atoms. The Morgan fingerprint density at radius 2 is 2.14 bits per heavy atom. The minimum atomic E-state index is -2.88. The van der Waals surface area contributed by atoms with Crippen molar-refractivity contribution < 1.29 is 18.0 Å². The quantitative estimate of drug-likeness (QED) is 0.472. The van der Waals surface area contributed by atoms with Crippen LogP contribution < -0.4 is 0 Å². The molecule has 0 radical (unpaired) electrons. The maximum absolute atomic E-state index is 12.9. The summed E-state index contributed by atoms with van der Waals surface area (Å²) in [5.41, 5.74) is -1.19. The lowest BCUT2D eigenvalue weighted by Gasteiger charge is -2.04. The van der Waals surface area contributed by atoms with Gasteiger partial charge in [0.2, 0.25) is 5.95 Å². The zero-order chi connectivity index (χ0) is 10.9. The molecule has 1 aromatic rings. The fourth-order valence-corrected chi connectivity index (χ4v) is 1.57. The molecule has 76 valence electrons. The summed E-state index contributed by atoms with van der Waals surface area (Å²) in [5, 5.41) is -1.06. The van der Waals surface area contributed by atoms with Gasteiger partial charge in [0, 0.05) is 3.57 Å². The predicted octanol–water partition coefficient (Wildman–Crippen LogP) is 3.14. The lowest BCUT2D eigenvalue weighted by atomic mass is 10.2. The molecule has 2 nitrogen and oxygen atoms in total. The molecule has 0 amide bonds. The second-order valence-corrected chi connectivity index (χ2v) is 3.77. The summed E-state index contributed by atoms with van der Waals surface area (Å²) in [6.07, 6.45) is -2.88. The van der Waals surface area contributed by atoms with Crippen molar-refractivity contribution in [3.63, 3.8) is 0 Å². The Morgan fingerprint density at radius 3 is 2.57 bits per heavy atom. The first-order chi connectivity index (χ1) is 6.43. The maximum atomic E-state index is 12.9. The largest absolute Gasteiger partial charge is 0.281 e. The molecule has 7 heteroatoms. The number of rotatable bonds is 2. The Morgan fingerprint density at radius 1 is 1.57 bits per heavy atom. The van der Waals surface area contributed by atoms with Crippen molar-refractivity contribution >= 4 is 39.4 Å². The average Bonchev–Trinajstić information content (AvgIpc) is 2.07. The first-order valence-corrected chi connectivity index (χ1v) is 4.73. The van der Waals surface area contributed by atoms with Gasteiger partial charge < -0.3 is 0 Å². The molecule has 0 spiro atoms. The highest BCUT2D eigenvalue weighted by Gasteiger charge is 2.19. The predicted molar refractivity (Wildman–Crippen MR) is 52.1 cm³/mol. The summed E-state index contributed by atoms with van der Waals surface area (Å²) in [7, 11) is 0. The second-order valence-electron chi connectivity index (χ2n) is 2.27. The minimum Gasteiger partial charge on any atom is -0.275 e. The van der Waals surface area contributed by atoms with Gasteiger partial charge in [0.1, 0.15) is 5.69 Å². The molecule has 0 aliphatic rings. The van der Waals surface area contributed by atoms with Crippen LogP contribution in [0, 0.1) is 9.52 Å². The molecule has 0 saturated heterocycles. The van der Waals surface area contributed by atoms with Crippen LogP contribution in [0.1, 0.15) is 22.5 Å². The van der Waals surface area contributed by atoms with Crippen molar-refractivity contribution in [2.24, 2.45) is 0 Å². The van der Waals surface area contributed by atoms with Gasteiger partial charge >= 0.3 is 0 Å². The monoisotopic (exact) mass is 335 g/mol. The van der Waals surface area contributed by atoms with Gasteiger partial charge in [0.05, 0.1) is 5.56 Å². The van der Waals surface area contributed by atoms with E-state index in [1.807, 2.05) is 0 Å². The number of nitrogens with zero attached hydrogens (tertiary/aromatic N) is 1. The van der Waals surface area contributed by atoms with E-state index in [4.69, 9.17) is 11.6 Å². The van der Waals surface area contributed by atoms with Crippen molar-refractivity contribution in [2.75, 3.05) is 0 Å². The molecule has 1 heterocycles. The molecule has 0 N–H and O–H groups in total. The Hall–Kier alpha value is -0.370. The number of alkyl halides is 2. The number of hydrogen-bond donors (Lipinski definition) is 0. The molecule has 14 heavy (non-hydrogen) atoms. The molecule has 0 saturated carbocycles. The normalized spacial score (nSPS) is 10.7. The number of pyridine rings is 1. The van der Waals surface area contributed by atoms with Crippen LogP contribution >= 0.6 is 34.2 Å². The Balaban J connectivity index is 3.31. The summed E-state index contributed by atoms with van der Waals surface area (Å²) in [5.74, 6) is -1.28. The zero-order valence-corrected chi connectivity index (χ0v) is 9.31. The van der Waals surface area contributed by atoms with Crippen LogP contribution in [0.15, 0.2) is 6.07 Å². The molecule has 0 aliphatic heterocycles. The van der Waals surface area contributed by atoms with Crippen molar-refractivity contribution in [1.29, 1.82) is 0 Å². The third-order valence-electron chi connectivity index (χ3n) is 1.38. The fraction of sp³-hybridized carbons (Fsp3) is 0.143. The number of hydrogen-bond acceptors (Lipinski definition) is 2. The average molecular weight is 335 g/mol. The summed E-state index contributed by atoms with van der Waals surface area (Å²) >= 11 is 6.53. The van der Waals surface area contributed by atoms with E-state index in [0.717, 1.165) is 6.07 Å². The molecule has 0 aliphatic carbocycles. The van der Waals surface area contributed by atoms with Gasteiger partial charge in [-0.15, -0.1) is 0 Å².